The molecule has 0 bridgehead atoms. The summed E-state index contributed by atoms with van der Waals surface area (Å²) in [6.45, 7) is 8.36. The van der Waals surface area contributed by atoms with Gasteiger partial charge in [0.25, 0.3) is 5.56 Å². The van der Waals surface area contributed by atoms with Gasteiger partial charge < -0.3 is 5.32 Å². The molecule has 0 amide bonds. The first kappa shape index (κ1) is 21.7. The molecule has 28 heavy (non-hydrogen) atoms. The summed E-state index contributed by atoms with van der Waals surface area (Å²) in [4.78, 5) is 24.7. The summed E-state index contributed by atoms with van der Waals surface area (Å²) in [5, 5.41) is 3.32. The minimum absolute atomic E-state index is 0.296. The van der Waals surface area contributed by atoms with Crippen LogP contribution in [0.2, 0.25) is 0 Å². The third-order valence-corrected chi connectivity index (χ3v) is 5.48. The minimum Gasteiger partial charge on any atom is -0.353 e. The van der Waals surface area contributed by atoms with Crippen LogP contribution in [0.5, 0.6) is 0 Å². The molecule has 5 heteroatoms. The highest BCUT2D eigenvalue weighted by atomic mass is 16.2. The normalized spacial score (nSPS) is 12.9. The van der Waals surface area contributed by atoms with Gasteiger partial charge in [0.05, 0.1) is 0 Å². The van der Waals surface area contributed by atoms with Crippen molar-refractivity contribution >= 4 is 5.69 Å². The molecule has 0 aliphatic rings. The van der Waals surface area contributed by atoms with Crippen LogP contribution < -0.4 is 16.6 Å². The summed E-state index contributed by atoms with van der Waals surface area (Å²) in [6.07, 6.45) is 5.94. The zero-order valence-electron chi connectivity index (χ0n) is 18.0. The Morgan fingerprint density at radius 3 is 2.32 bits per heavy atom. The summed E-state index contributed by atoms with van der Waals surface area (Å²) < 4.78 is 2.65. The van der Waals surface area contributed by atoms with Crippen molar-refractivity contribution in [3.8, 4) is 0 Å². The quantitative estimate of drug-likeness (QED) is 0.742. The highest BCUT2D eigenvalue weighted by Gasteiger charge is 2.14. The Morgan fingerprint density at radius 2 is 1.75 bits per heavy atom. The van der Waals surface area contributed by atoms with E-state index in [4.69, 9.17) is 0 Å². The number of aromatic nitrogens is 2. The maximum Gasteiger partial charge on any atom is 0.330 e. The van der Waals surface area contributed by atoms with E-state index in [0.29, 0.717) is 23.7 Å². The molecule has 0 radical (unpaired) electrons. The number of anilines is 1. The number of nitrogens with one attached hydrogen (secondary N) is 1. The number of nitrogens with zero attached hydrogens (tertiary/aromatic N) is 2. The van der Waals surface area contributed by atoms with Crippen molar-refractivity contribution in [2.75, 3.05) is 5.32 Å². The van der Waals surface area contributed by atoms with Crippen LogP contribution in [-0.4, -0.2) is 9.13 Å². The second-order valence-electron chi connectivity index (χ2n) is 7.54. The zero-order chi connectivity index (χ0) is 20.8. The van der Waals surface area contributed by atoms with Crippen molar-refractivity contribution in [3.63, 3.8) is 0 Å². The average Bonchev–Trinajstić information content (AvgIpc) is 2.71. The third kappa shape index (κ3) is 4.83. The third-order valence-electron chi connectivity index (χ3n) is 5.48. The first-order valence-corrected chi connectivity index (χ1v) is 10.1. The molecule has 1 atom stereocenters. The molecule has 1 aromatic heterocycles. The predicted molar refractivity (Wildman–Crippen MR) is 117 cm³/mol. The number of benzene rings is 1. The van der Waals surface area contributed by atoms with E-state index in [9.17, 15) is 9.59 Å². The lowest BCUT2D eigenvalue weighted by Gasteiger charge is -2.17. The van der Waals surface area contributed by atoms with Crippen LogP contribution in [0.1, 0.15) is 62.8 Å². The topological polar surface area (TPSA) is 56.0 Å². The highest BCUT2D eigenvalue weighted by molar-refractivity contribution is 5.51. The first-order valence-electron chi connectivity index (χ1n) is 10.1. The van der Waals surface area contributed by atoms with Gasteiger partial charge in [-0.1, -0.05) is 57.5 Å². The van der Waals surface area contributed by atoms with Crippen molar-refractivity contribution in [2.24, 2.45) is 14.1 Å². The molecule has 0 fully saturated rings. The van der Waals surface area contributed by atoms with E-state index in [1.807, 2.05) is 0 Å². The molecule has 1 aromatic carbocycles. The summed E-state index contributed by atoms with van der Waals surface area (Å²) in [5.74, 6) is 0.554. The van der Waals surface area contributed by atoms with E-state index in [0.717, 1.165) is 29.5 Å². The largest absolute Gasteiger partial charge is 0.353 e. The number of rotatable bonds is 8. The van der Waals surface area contributed by atoms with Crippen LogP contribution >= 0.6 is 0 Å². The summed E-state index contributed by atoms with van der Waals surface area (Å²) in [5.41, 5.74) is 4.02. The van der Waals surface area contributed by atoms with Gasteiger partial charge in [-0.2, -0.15) is 0 Å². The zero-order valence-corrected chi connectivity index (χ0v) is 18.0. The summed E-state index contributed by atoms with van der Waals surface area (Å²) in [6, 6.07) is 8.71. The molecule has 1 heterocycles. The van der Waals surface area contributed by atoms with Gasteiger partial charge in [0.2, 0.25) is 0 Å². The number of unbranched alkanes of at least 4 members (excludes halogenated alkanes) is 1. The van der Waals surface area contributed by atoms with Crippen LogP contribution in [0.4, 0.5) is 5.69 Å². The van der Waals surface area contributed by atoms with Crippen molar-refractivity contribution in [1.82, 2.24) is 9.13 Å². The van der Waals surface area contributed by atoms with Gasteiger partial charge in [-0.05, 0) is 36.8 Å². The van der Waals surface area contributed by atoms with E-state index in [1.165, 1.54) is 22.7 Å². The number of allylic oxidation sites excluding steroid dienone is 2. The van der Waals surface area contributed by atoms with E-state index in [-0.39, 0.29) is 11.2 Å². The number of hydrogen-bond acceptors (Lipinski definition) is 3. The molecule has 2 aromatic rings. The fourth-order valence-electron chi connectivity index (χ4n) is 3.16. The Balaban J connectivity index is 2.34. The lowest BCUT2D eigenvalue weighted by molar-refractivity contribution is 0.670. The van der Waals surface area contributed by atoms with Crippen LogP contribution in [-0.2, 0) is 20.5 Å². The fourth-order valence-corrected chi connectivity index (χ4v) is 3.16. The standard InChI is InChI=1S/C23H33N3O2/c1-7-9-10-20(15-18-11-13-19(14-12-18)16(3)8-2)24-21-17(4)25(5)23(28)26(6)22(21)27/h10-14,16,24H,7-9,15H2,1-6H3/b20-10+. The van der Waals surface area contributed by atoms with Crippen molar-refractivity contribution < 1.29 is 0 Å². The van der Waals surface area contributed by atoms with Gasteiger partial charge in [-0.25, -0.2) is 4.79 Å². The molecule has 152 valence electrons. The molecule has 0 saturated heterocycles. The minimum atomic E-state index is -0.312. The molecule has 5 nitrogen and oxygen atoms in total. The molecule has 1 N–H and O–H groups in total. The number of hydrogen-bond donors (Lipinski definition) is 1. The first-order chi connectivity index (χ1) is 13.3. The molecule has 1 unspecified atom stereocenters. The Bertz CT molecular complexity index is 950. The van der Waals surface area contributed by atoms with Crippen molar-refractivity contribution in [2.45, 2.75) is 59.3 Å². The summed E-state index contributed by atoms with van der Waals surface area (Å²) >= 11 is 0. The van der Waals surface area contributed by atoms with Gasteiger partial charge in [0, 0.05) is 31.9 Å². The second kappa shape index (κ2) is 9.58. The van der Waals surface area contributed by atoms with Crippen molar-refractivity contribution in [1.29, 1.82) is 0 Å². The molecular weight excluding hydrogens is 350 g/mol. The Morgan fingerprint density at radius 1 is 1.11 bits per heavy atom. The Kier molecular flexibility index (Phi) is 7.44. The van der Waals surface area contributed by atoms with E-state index in [1.54, 1.807) is 14.0 Å². The van der Waals surface area contributed by atoms with Gasteiger partial charge in [-0.15, -0.1) is 0 Å². The smallest absolute Gasteiger partial charge is 0.330 e. The molecule has 0 saturated carbocycles. The predicted octanol–water partition coefficient (Wildman–Crippen LogP) is 4.24. The molecular formula is C23H33N3O2. The van der Waals surface area contributed by atoms with Gasteiger partial charge in [-0.3, -0.25) is 13.9 Å². The van der Waals surface area contributed by atoms with E-state index < -0.39 is 0 Å². The van der Waals surface area contributed by atoms with Crippen molar-refractivity contribution in [3.05, 3.63) is 73.7 Å². The van der Waals surface area contributed by atoms with Gasteiger partial charge >= 0.3 is 5.69 Å². The van der Waals surface area contributed by atoms with E-state index >= 15 is 0 Å². The second-order valence-corrected chi connectivity index (χ2v) is 7.54. The van der Waals surface area contributed by atoms with Gasteiger partial charge in [0.1, 0.15) is 5.69 Å². The van der Waals surface area contributed by atoms with Crippen LogP contribution in [0.3, 0.4) is 0 Å². The molecule has 2 rings (SSSR count). The van der Waals surface area contributed by atoms with Crippen LogP contribution in [0.25, 0.3) is 0 Å². The summed E-state index contributed by atoms with van der Waals surface area (Å²) in [7, 11) is 3.20. The van der Waals surface area contributed by atoms with Crippen LogP contribution in [0.15, 0.2) is 45.6 Å². The molecule has 0 aliphatic heterocycles. The monoisotopic (exact) mass is 383 g/mol. The maximum atomic E-state index is 12.6. The average molecular weight is 384 g/mol. The lowest BCUT2D eigenvalue weighted by atomic mass is 9.96. The Labute approximate surface area is 167 Å². The SMILES string of the molecule is CCC/C=C(\Cc1ccc(C(C)CC)cc1)Nc1c(C)n(C)c(=O)n(C)c1=O. The van der Waals surface area contributed by atoms with E-state index in [2.05, 4.69) is 56.4 Å². The maximum absolute atomic E-state index is 12.6. The molecule has 0 spiro atoms. The van der Waals surface area contributed by atoms with Gasteiger partial charge in [0.15, 0.2) is 0 Å². The molecule has 0 aliphatic carbocycles. The lowest BCUT2D eigenvalue weighted by Crippen LogP contribution is -2.39. The highest BCUT2D eigenvalue weighted by Crippen LogP contribution is 2.20. The Hall–Kier alpha value is -2.56. The fraction of sp³-hybridized carbons (Fsp3) is 0.478. The van der Waals surface area contributed by atoms with Crippen LogP contribution in [0, 0.1) is 6.92 Å².